The van der Waals surface area contributed by atoms with E-state index in [0.29, 0.717) is 16.1 Å². The third-order valence-electron chi connectivity index (χ3n) is 4.86. The predicted octanol–water partition coefficient (Wildman–Crippen LogP) is 4.28. The van der Waals surface area contributed by atoms with Crippen molar-refractivity contribution < 1.29 is 28.7 Å². The van der Waals surface area contributed by atoms with E-state index in [1.165, 1.54) is 11.3 Å². The average molecular weight is 495 g/mol. The van der Waals surface area contributed by atoms with E-state index in [4.69, 9.17) is 9.47 Å². The second-order valence-corrected chi connectivity index (χ2v) is 8.47. The van der Waals surface area contributed by atoms with E-state index in [0.717, 1.165) is 5.56 Å². The van der Waals surface area contributed by atoms with E-state index in [2.05, 4.69) is 10.6 Å². The normalized spacial score (nSPS) is 11.3. The number of esters is 2. The number of anilines is 1. The maximum atomic E-state index is 12.6. The van der Waals surface area contributed by atoms with Gasteiger partial charge in [0.2, 0.25) is 0 Å². The molecule has 1 unspecified atom stereocenters. The standard InChI is InChI=1S/C26H26N2O6S/c1-3-33-26(32)23-20(18-10-6-4-7-11-18)16-35-25(23)28-21(29)15-34-22(30)14-17(2)27-24(31)19-12-8-5-9-13-19/h4-13,16-17H,3,14-15H2,1-2H3,(H,27,31)(H,28,29). The number of nitrogens with one attached hydrogen (secondary N) is 2. The Morgan fingerprint density at radius 2 is 1.60 bits per heavy atom. The van der Waals surface area contributed by atoms with E-state index in [1.807, 2.05) is 30.3 Å². The Hall–Kier alpha value is -3.98. The Kier molecular flexibility index (Phi) is 9.14. The Bertz CT molecular complexity index is 1180. The zero-order chi connectivity index (χ0) is 25.2. The van der Waals surface area contributed by atoms with Crippen LogP contribution in [-0.4, -0.2) is 43.0 Å². The maximum absolute atomic E-state index is 12.6. The predicted molar refractivity (Wildman–Crippen MR) is 133 cm³/mol. The van der Waals surface area contributed by atoms with Crippen LogP contribution in [0.25, 0.3) is 11.1 Å². The SMILES string of the molecule is CCOC(=O)c1c(-c2ccccc2)csc1NC(=O)COC(=O)CC(C)NC(=O)c1ccccc1. The second-order valence-electron chi connectivity index (χ2n) is 7.59. The smallest absolute Gasteiger partial charge is 0.341 e. The minimum atomic E-state index is -0.636. The number of carbonyl (C=O) groups is 4. The third kappa shape index (κ3) is 7.25. The molecule has 0 aliphatic heterocycles. The third-order valence-corrected chi connectivity index (χ3v) is 5.75. The summed E-state index contributed by atoms with van der Waals surface area (Å²) in [5.41, 5.74) is 2.19. The fourth-order valence-electron chi connectivity index (χ4n) is 3.25. The number of hydrogen-bond acceptors (Lipinski definition) is 7. The van der Waals surface area contributed by atoms with E-state index >= 15 is 0 Å². The van der Waals surface area contributed by atoms with Gasteiger partial charge in [0.05, 0.1) is 13.0 Å². The fraction of sp³-hybridized carbons (Fsp3) is 0.231. The van der Waals surface area contributed by atoms with E-state index in [1.54, 1.807) is 49.6 Å². The number of hydrogen-bond donors (Lipinski definition) is 2. The summed E-state index contributed by atoms with van der Waals surface area (Å²) in [6, 6.07) is 17.4. The highest BCUT2D eigenvalue weighted by molar-refractivity contribution is 7.15. The molecule has 9 heteroatoms. The van der Waals surface area contributed by atoms with Gasteiger partial charge in [-0.3, -0.25) is 14.4 Å². The molecule has 2 N–H and O–H groups in total. The lowest BCUT2D eigenvalue weighted by Crippen LogP contribution is -2.35. The quantitative estimate of drug-likeness (QED) is 0.407. The molecule has 0 radical (unpaired) electrons. The molecule has 182 valence electrons. The first kappa shape index (κ1) is 25.6. The number of carbonyl (C=O) groups excluding carboxylic acids is 4. The van der Waals surface area contributed by atoms with Crippen LogP contribution in [0, 0.1) is 0 Å². The summed E-state index contributed by atoms with van der Waals surface area (Å²) >= 11 is 1.18. The average Bonchev–Trinajstić information content (AvgIpc) is 3.27. The van der Waals surface area contributed by atoms with E-state index < -0.39 is 30.5 Å². The van der Waals surface area contributed by atoms with E-state index in [-0.39, 0.29) is 24.5 Å². The molecule has 0 fully saturated rings. The monoisotopic (exact) mass is 494 g/mol. The van der Waals surface area contributed by atoms with Crippen molar-refractivity contribution in [2.75, 3.05) is 18.5 Å². The first-order valence-corrected chi connectivity index (χ1v) is 11.9. The highest BCUT2D eigenvalue weighted by Gasteiger charge is 2.23. The van der Waals surface area contributed by atoms with Crippen molar-refractivity contribution in [2.45, 2.75) is 26.3 Å². The minimum absolute atomic E-state index is 0.100. The molecular formula is C26H26N2O6S. The summed E-state index contributed by atoms with van der Waals surface area (Å²) in [4.78, 5) is 49.4. The van der Waals surface area contributed by atoms with Gasteiger partial charge in [-0.1, -0.05) is 48.5 Å². The van der Waals surface area contributed by atoms with Gasteiger partial charge in [-0.05, 0) is 31.5 Å². The number of thiophene rings is 1. The lowest BCUT2D eigenvalue weighted by Gasteiger charge is -2.13. The Balaban J connectivity index is 1.56. The number of benzene rings is 2. The fourth-order valence-corrected chi connectivity index (χ4v) is 4.22. The zero-order valence-corrected chi connectivity index (χ0v) is 20.2. The van der Waals surface area contributed by atoms with Crippen molar-refractivity contribution >= 4 is 40.1 Å². The van der Waals surface area contributed by atoms with Gasteiger partial charge in [-0.2, -0.15) is 0 Å². The molecule has 2 aromatic carbocycles. The molecule has 0 bridgehead atoms. The van der Waals surface area contributed by atoms with Gasteiger partial charge in [0, 0.05) is 22.5 Å². The summed E-state index contributed by atoms with van der Waals surface area (Å²) in [5.74, 6) is -2.08. The number of rotatable bonds is 10. The molecule has 0 saturated carbocycles. The van der Waals surface area contributed by atoms with Crippen LogP contribution in [0.5, 0.6) is 0 Å². The molecule has 0 saturated heterocycles. The summed E-state index contributed by atoms with van der Waals surface area (Å²) in [6.07, 6.45) is -0.100. The highest BCUT2D eigenvalue weighted by Crippen LogP contribution is 2.36. The molecule has 1 heterocycles. The van der Waals surface area contributed by atoms with Gasteiger partial charge in [0.1, 0.15) is 10.6 Å². The molecule has 3 aromatic rings. The first-order valence-electron chi connectivity index (χ1n) is 11.0. The highest BCUT2D eigenvalue weighted by atomic mass is 32.1. The van der Waals surface area contributed by atoms with Gasteiger partial charge in [0.25, 0.3) is 11.8 Å². The molecule has 0 aliphatic rings. The lowest BCUT2D eigenvalue weighted by molar-refractivity contribution is -0.147. The van der Waals surface area contributed by atoms with Crippen LogP contribution in [0.2, 0.25) is 0 Å². The van der Waals surface area contributed by atoms with Gasteiger partial charge in [0.15, 0.2) is 6.61 Å². The van der Waals surface area contributed by atoms with Gasteiger partial charge >= 0.3 is 11.9 Å². The maximum Gasteiger partial charge on any atom is 0.341 e. The summed E-state index contributed by atoms with van der Waals surface area (Å²) in [7, 11) is 0. The van der Waals surface area contributed by atoms with Crippen molar-refractivity contribution in [3.8, 4) is 11.1 Å². The minimum Gasteiger partial charge on any atom is -0.462 e. The van der Waals surface area contributed by atoms with Crippen LogP contribution >= 0.6 is 11.3 Å². The van der Waals surface area contributed by atoms with Crippen molar-refractivity contribution in [1.29, 1.82) is 0 Å². The molecule has 1 atom stereocenters. The number of amides is 2. The van der Waals surface area contributed by atoms with Crippen LogP contribution in [0.15, 0.2) is 66.0 Å². The molecule has 3 rings (SSSR count). The van der Waals surface area contributed by atoms with Crippen LogP contribution < -0.4 is 10.6 Å². The van der Waals surface area contributed by atoms with Crippen molar-refractivity contribution in [3.63, 3.8) is 0 Å². The Morgan fingerprint density at radius 1 is 0.943 bits per heavy atom. The molecule has 0 aliphatic carbocycles. The summed E-state index contributed by atoms with van der Waals surface area (Å²) < 4.78 is 10.2. The topological polar surface area (TPSA) is 111 Å². The zero-order valence-electron chi connectivity index (χ0n) is 19.4. The van der Waals surface area contributed by atoms with Crippen molar-refractivity contribution in [2.24, 2.45) is 0 Å². The van der Waals surface area contributed by atoms with Crippen molar-refractivity contribution in [3.05, 3.63) is 77.2 Å². The van der Waals surface area contributed by atoms with Crippen LogP contribution in [0.3, 0.4) is 0 Å². The van der Waals surface area contributed by atoms with Gasteiger partial charge in [-0.25, -0.2) is 4.79 Å². The van der Waals surface area contributed by atoms with E-state index in [9.17, 15) is 19.2 Å². The Morgan fingerprint density at radius 3 is 2.26 bits per heavy atom. The molecule has 0 spiro atoms. The lowest BCUT2D eigenvalue weighted by atomic mass is 10.0. The van der Waals surface area contributed by atoms with Crippen LogP contribution in [0.4, 0.5) is 5.00 Å². The summed E-state index contributed by atoms with van der Waals surface area (Å²) in [5, 5.41) is 7.42. The number of ether oxygens (including phenoxy) is 2. The Labute approximate surface area is 207 Å². The van der Waals surface area contributed by atoms with Gasteiger partial charge < -0.3 is 20.1 Å². The second kappa shape index (κ2) is 12.5. The summed E-state index contributed by atoms with van der Waals surface area (Å²) in [6.45, 7) is 3.03. The molecule has 35 heavy (non-hydrogen) atoms. The molecule has 2 amide bonds. The molecular weight excluding hydrogens is 468 g/mol. The van der Waals surface area contributed by atoms with Crippen LogP contribution in [0.1, 0.15) is 41.0 Å². The molecule has 8 nitrogen and oxygen atoms in total. The van der Waals surface area contributed by atoms with Crippen molar-refractivity contribution in [1.82, 2.24) is 5.32 Å². The molecule has 1 aromatic heterocycles. The largest absolute Gasteiger partial charge is 0.462 e. The van der Waals surface area contributed by atoms with Gasteiger partial charge in [-0.15, -0.1) is 11.3 Å². The first-order chi connectivity index (χ1) is 16.9. The van der Waals surface area contributed by atoms with Crippen LogP contribution in [-0.2, 0) is 19.1 Å².